The van der Waals surface area contributed by atoms with Crippen LogP contribution in [0.5, 0.6) is 0 Å². The van der Waals surface area contributed by atoms with Gasteiger partial charge in [-0.05, 0) is 12.8 Å². The second-order valence-electron chi connectivity index (χ2n) is 3.97. The molecule has 0 aromatic heterocycles. The largest absolute Gasteiger partial charge is 0.233 e. The van der Waals surface area contributed by atoms with Crippen molar-refractivity contribution in [3.8, 4) is 0 Å². The van der Waals surface area contributed by atoms with E-state index in [9.17, 15) is 19.2 Å². The number of hydrogen-bond donors (Lipinski definition) is 0. The number of unbranched alkanes of at least 4 members (excludes halogenated alkanes) is 2. The van der Waals surface area contributed by atoms with Crippen LogP contribution in [0.1, 0.15) is 32.6 Å². The highest BCUT2D eigenvalue weighted by Crippen LogP contribution is 2.39. The van der Waals surface area contributed by atoms with Crippen LogP contribution < -0.4 is 0 Å². The molecule has 21 heavy (non-hydrogen) atoms. The maximum atomic E-state index is 11.1. The van der Waals surface area contributed by atoms with Crippen molar-refractivity contribution in [2.75, 3.05) is 0 Å². The molecule has 0 rings (SSSR count). The molecule has 0 aliphatic carbocycles. The summed E-state index contributed by atoms with van der Waals surface area (Å²) in [7, 11) is 0. The van der Waals surface area contributed by atoms with Crippen molar-refractivity contribution in [3.05, 3.63) is 22.3 Å². The van der Waals surface area contributed by atoms with Gasteiger partial charge < -0.3 is 0 Å². The Morgan fingerprint density at radius 3 is 1.76 bits per heavy atom. The Hall–Kier alpha value is -1.33. The first-order valence-corrected chi connectivity index (χ1v) is 7.08. The SMILES string of the molecule is CCCCCC(=C=O)C(=C=O)C(=C=O)C(=C=O)C(Cl)(Cl)Cl. The molecule has 112 valence electrons. The monoisotopic (exact) mass is 348 g/mol. The van der Waals surface area contributed by atoms with Crippen LogP contribution in [0.15, 0.2) is 22.3 Å². The van der Waals surface area contributed by atoms with Crippen LogP contribution in [0.25, 0.3) is 0 Å². The third kappa shape index (κ3) is 5.89. The first kappa shape index (κ1) is 19.7. The fourth-order valence-electron chi connectivity index (χ4n) is 1.52. The van der Waals surface area contributed by atoms with E-state index in [2.05, 4.69) is 0 Å². The van der Waals surface area contributed by atoms with Crippen LogP contribution in [0, 0.1) is 0 Å². The van der Waals surface area contributed by atoms with E-state index < -0.39 is 20.5 Å². The first-order valence-electron chi connectivity index (χ1n) is 5.94. The summed E-state index contributed by atoms with van der Waals surface area (Å²) >= 11 is 16.6. The van der Waals surface area contributed by atoms with Gasteiger partial charge in [0.25, 0.3) is 0 Å². The van der Waals surface area contributed by atoms with E-state index in [0.29, 0.717) is 6.42 Å². The van der Waals surface area contributed by atoms with Gasteiger partial charge in [-0.3, -0.25) is 0 Å². The van der Waals surface area contributed by atoms with Crippen molar-refractivity contribution in [2.45, 2.75) is 36.4 Å². The standard InChI is InChI=1S/C14H11Cl3O4/c1-2-3-4-5-10(6-18)11(7-19)12(8-20)13(9-21)14(15,16)17/h2-5H2,1H3. The summed E-state index contributed by atoms with van der Waals surface area (Å²) in [5.41, 5.74) is -1.96. The summed E-state index contributed by atoms with van der Waals surface area (Å²) in [6, 6.07) is 0. The van der Waals surface area contributed by atoms with E-state index in [1.165, 1.54) is 17.8 Å². The topological polar surface area (TPSA) is 68.3 Å². The third-order valence-corrected chi connectivity index (χ3v) is 3.11. The Balaban J connectivity index is 5.74. The Morgan fingerprint density at radius 1 is 0.857 bits per heavy atom. The molecule has 0 amide bonds. The second kappa shape index (κ2) is 9.58. The van der Waals surface area contributed by atoms with Crippen LogP contribution >= 0.6 is 34.8 Å². The summed E-state index contributed by atoms with van der Waals surface area (Å²) in [6.45, 7) is 1.95. The normalized spacial score (nSPS) is 9.71. The molecule has 7 heteroatoms. The lowest BCUT2D eigenvalue weighted by molar-refractivity contribution is 0.560. The lowest BCUT2D eigenvalue weighted by atomic mass is 9.93. The van der Waals surface area contributed by atoms with Crippen molar-refractivity contribution >= 4 is 58.6 Å². The molecule has 0 unspecified atom stereocenters. The molecule has 0 aliphatic heterocycles. The maximum Gasteiger partial charge on any atom is 0.227 e. The Morgan fingerprint density at radius 2 is 1.43 bits per heavy atom. The van der Waals surface area contributed by atoms with Gasteiger partial charge in [0, 0.05) is 0 Å². The zero-order valence-corrected chi connectivity index (χ0v) is 13.4. The number of carbonyl (C=O) groups excluding carboxylic acids is 4. The van der Waals surface area contributed by atoms with E-state index in [1.54, 1.807) is 5.94 Å². The smallest absolute Gasteiger partial charge is 0.227 e. The average Bonchev–Trinajstić information content (AvgIpc) is 2.43. The van der Waals surface area contributed by atoms with E-state index >= 15 is 0 Å². The highest BCUT2D eigenvalue weighted by Gasteiger charge is 2.34. The zero-order valence-electron chi connectivity index (χ0n) is 11.1. The van der Waals surface area contributed by atoms with Gasteiger partial charge in [-0.25, -0.2) is 19.2 Å². The van der Waals surface area contributed by atoms with Gasteiger partial charge in [-0.2, -0.15) is 0 Å². The molecule has 0 heterocycles. The molecule has 0 N–H and O–H groups in total. The van der Waals surface area contributed by atoms with Crippen molar-refractivity contribution in [1.29, 1.82) is 0 Å². The highest BCUT2D eigenvalue weighted by atomic mass is 35.6. The van der Waals surface area contributed by atoms with Crippen molar-refractivity contribution in [2.24, 2.45) is 0 Å². The number of rotatable bonds is 7. The van der Waals surface area contributed by atoms with Crippen LogP contribution in [0.2, 0.25) is 0 Å². The molecule has 0 aliphatic rings. The lowest BCUT2D eigenvalue weighted by Crippen LogP contribution is -2.14. The summed E-state index contributed by atoms with van der Waals surface area (Å²) in [6.07, 6.45) is 2.46. The summed E-state index contributed by atoms with van der Waals surface area (Å²) < 4.78 is -2.28. The highest BCUT2D eigenvalue weighted by molar-refractivity contribution is 6.70. The molecular weight excluding hydrogens is 339 g/mol. The fourth-order valence-corrected chi connectivity index (χ4v) is 1.92. The predicted molar refractivity (Wildman–Crippen MR) is 81.3 cm³/mol. The molecule has 0 aromatic rings. The minimum absolute atomic E-state index is 0.126. The van der Waals surface area contributed by atoms with Gasteiger partial charge in [0.05, 0.1) is 16.7 Å². The maximum absolute atomic E-state index is 11.1. The summed E-state index contributed by atoms with van der Waals surface area (Å²) in [5.74, 6) is 5.57. The zero-order chi connectivity index (χ0) is 16.5. The second-order valence-corrected chi connectivity index (χ2v) is 6.25. The number of allylic oxidation sites excluding steroid dienone is 4. The quantitative estimate of drug-likeness (QED) is 0.307. The minimum Gasteiger partial charge on any atom is -0.233 e. The van der Waals surface area contributed by atoms with Gasteiger partial charge >= 0.3 is 0 Å². The molecule has 0 bridgehead atoms. The summed E-state index contributed by atoms with van der Waals surface area (Å²) in [5, 5.41) is 0. The first-order chi connectivity index (χ1) is 9.87. The fraction of sp³-hybridized carbons (Fsp3) is 0.429. The Labute approximate surface area is 136 Å². The van der Waals surface area contributed by atoms with Crippen LogP contribution in [-0.4, -0.2) is 27.6 Å². The molecule has 0 fully saturated rings. The van der Waals surface area contributed by atoms with Gasteiger partial charge in [0.1, 0.15) is 29.3 Å². The van der Waals surface area contributed by atoms with E-state index in [0.717, 1.165) is 12.8 Å². The number of alkyl halides is 3. The Bertz CT molecular complexity index is 590. The van der Waals surface area contributed by atoms with Gasteiger partial charge in [0.2, 0.25) is 3.79 Å². The predicted octanol–water partition coefficient (Wildman–Crippen LogP) is 2.97. The molecule has 0 spiro atoms. The van der Waals surface area contributed by atoms with Crippen LogP contribution in [0.4, 0.5) is 0 Å². The van der Waals surface area contributed by atoms with Crippen molar-refractivity contribution < 1.29 is 19.2 Å². The van der Waals surface area contributed by atoms with E-state index in [1.807, 2.05) is 6.92 Å². The van der Waals surface area contributed by atoms with Crippen LogP contribution in [-0.2, 0) is 19.2 Å². The third-order valence-electron chi connectivity index (χ3n) is 2.54. The lowest BCUT2D eigenvalue weighted by Gasteiger charge is -2.13. The molecule has 0 saturated carbocycles. The van der Waals surface area contributed by atoms with Crippen molar-refractivity contribution in [1.82, 2.24) is 0 Å². The average molecular weight is 350 g/mol. The molecular formula is C14H11Cl3O4. The molecule has 0 aromatic carbocycles. The number of hydrogen-bond acceptors (Lipinski definition) is 4. The molecule has 0 radical (unpaired) electrons. The molecule has 0 saturated heterocycles. The van der Waals surface area contributed by atoms with Gasteiger partial charge in [-0.15, -0.1) is 0 Å². The van der Waals surface area contributed by atoms with Crippen LogP contribution in [0.3, 0.4) is 0 Å². The van der Waals surface area contributed by atoms with Crippen molar-refractivity contribution in [3.63, 3.8) is 0 Å². The van der Waals surface area contributed by atoms with Gasteiger partial charge in [0.15, 0.2) is 0 Å². The molecule has 0 atom stereocenters. The number of halogens is 3. The Kier molecular flexibility index (Phi) is 8.97. The van der Waals surface area contributed by atoms with E-state index in [4.69, 9.17) is 34.8 Å². The van der Waals surface area contributed by atoms with E-state index in [-0.39, 0.29) is 12.0 Å². The molecule has 4 nitrogen and oxygen atoms in total. The summed E-state index contributed by atoms with van der Waals surface area (Å²) in [4.78, 5) is 43.9. The minimum atomic E-state index is -2.28. The van der Waals surface area contributed by atoms with Gasteiger partial charge in [-0.1, -0.05) is 54.6 Å².